The Balaban J connectivity index is 2.19. The van der Waals surface area contributed by atoms with Gasteiger partial charge >= 0.3 is 5.97 Å². The van der Waals surface area contributed by atoms with Gasteiger partial charge in [-0.3, -0.25) is 0 Å². The molecule has 1 aromatic rings. The number of rotatable bonds is 7. The molecular weight excluding hydrogens is 288 g/mol. The minimum absolute atomic E-state index is 0.324. The van der Waals surface area contributed by atoms with Gasteiger partial charge in [0.2, 0.25) is 0 Å². The number of anilines is 2. The third kappa shape index (κ3) is 3.82. The van der Waals surface area contributed by atoms with Gasteiger partial charge in [0, 0.05) is 12.2 Å². The summed E-state index contributed by atoms with van der Waals surface area (Å²) in [6.07, 6.45) is 4.83. The molecular formula is C16H23ClN2O2. The maximum absolute atomic E-state index is 12.1. The summed E-state index contributed by atoms with van der Waals surface area (Å²) >= 11 is 6.25. The highest BCUT2D eigenvalue weighted by atomic mass is 35.5. The lowest BCUT2D eigenvalue weighted by molar-refractivity contribution is 0.0527. The number of carbonyl (C=O) groups excluding carboxylic acids is 1. The highest BCUT2D eigenvalue weighted by Gasteiger charge is 2.41. The Labute approximate surface area is 131 Å². The smallest absolute Gasteiger partial charge is 0.340 e. The fourth-order valence-electron chi connectivity index (χ4n) is 2.68. The van der Waals surface area contributed by atoms with Crippen LogP contribution in [0.4, 0.5) is 11.4 Å². The number of carbonyl (C=O) groups is 1. The molecule has 4 nitrogen and oxygen atoms in total. The SMILES string of the molecule is CCCC1(CNc2c(Cl)cc(N)cc2C(=O)OCC)CC1. The number of benzene rings is 1. The number of nitrogen functional groups attached to an aromatic ring is 1. The van der Waals surface area contributed by atoms with Gasteiger partial charge in [-0.05, 0) is 43.7 Å². The molecule has 21 heavy (non-hydrogen) atoms. The van der Waals surface area contributed by atoms with Gasteiger partial charge in [-0.1, -0.05) is 24.9 Å². The second kappa shape index (κ2) is 6.56. The first-order chi connectivity index (χ1) is 10.0. The van der Waals surface area contributed by atoms with Gasteiger partial charge in [-0.25, -0.2) is 4.79 Å². The van der Waals surface area contributed by atoms with E-state index in [1.54, 1.807) is 19.1 Å². The molecule has 1 saturated carbocycles. The fourth-order valence-corrected chi connectivity index (χ4v) is 2.97. The van der Waals surface area contributed by atoms with Crippen LogP contribution in [0.1, 0.15) is 49.9 Å². The van der Waals surface area contributed by atoms with Crippen molar-refractivity contribution in [3.05, 3.63) is 22.7 Å². The van der Waals surface area contributed by atoms with Crippen LogP contribution < -0.4 is 11.1 Å². The molecule has 0 saturated heterocycles. The molecule has 1 fully saturated rings. The molecule has 0 spiro atoms. The minimum atomic E-state index is -0.394. The van der Waals surface area contributed by atoms with Crippen molar-refractivity contribution in [3.8, 4) is 0 Å². The van der Waals surface area contributed by atoms with E-state index in [2.05, 4.69) is 12.2 Å². The number of esters is 1. The fraction of sp³-hybridized carbons (Fsp3) is 0.562. The van der Waals surface area contributed by atoms with Crippen molar-refractivity contribution in [1.82, 2.24) is 0 Å². The minimum Gasteiger partial charge on any atom is -0.462 e. The number of nitrogens with two attached hydrogens (primary N) is 1. The van der Waals surface area contributed by atoms with Crippen LogP contribution in [0.25, 0.3) is 0 Å². The lowest BCUT2D eigenvalue weighted by Crippen LogP contribution is -2.18. The van der Waals surface area contributed by atoms with Gasteiger partial charge in [-0.2, -0.15) is 0 Å². The zero-order valence-corrected chi connectivity index (χ0v) is 13.4. The molecule has 1 aliphatic carbocycles. The predicted molar refractivity (Wildman–Crippen MR) is 86.9 cm³/mol. The molecule has 0 radical (unpaired) electrons. The molecule has 0 bridgehead atoms. The zero-order valence-electron chi connectivity index (χ0n) is 12.7. The van der Waals surface area contributed by atoms with E-state index in [1.807, 2.05) is 0 Å². The van der Waals surface area contributed by atoms with E-state index in [9.17, 15) is 4.79 Å². The molecule has 1 aliphatic rings. The molecule has 0 heterocycles. The van der Waals surface area contributed by atoms with Crippen LogP contribution in [0.15, 0.2) is 12.1 Å². The third-order valence-corrected chi connectivity index (χ3v) is 4.28. The van der Waals surface area contributed by atoms with Crippen molar-refractivity contribution in [2.75, 3.05) is 24.2 Å². The van der Waals surface area contributed by atoms with E-state index in [4.69, 9.17) is 22.1 Å². The molecule has 3 N–H and O–H groups in total. The summed E-state index contributed by atoms with van der Waals surface area (Å²) in [5.74, 6) is -0.394. The average Bonchev–Trinajstić information content (AvgIpc) is 3.18. The maximum Gasteiger partial charge on any atom is 0.340 e. The van der Waals surface area contributed by atoms with E-state index >= 15 is 0 Å². The van der Waals surface area contributed by atoms with Gasteiger partial charge < -0.3 is 15.8 Å². The van der Waals surface area contributed by atoms with Crippen molar-refractivity contribution in [3.63, 3.8) is 0 Å². The van der Waals surface area contributed by atoms with Gasteiger partial charge in [-0.15, -0.1) is 0 Å². The van der Waals surface area contributed by atoms with Crippen molar-refractivity contribution >= 4 is 28.9 Å². The van der Waals surface area contributed by atoms with Crippen LogP contribution in [0.3, 0.4) is 0 Å². The lowest BCUT2D eigenvalue weighted by atomic mass is 10.0. The number of hydrogen-bond acceptors (Lipinski definition) is 4. The Kier molecular flexibility index (Phi) is 4.99. The van der Waals surface area contributed by atoms with Gasteiger partial charge in [0.1, 0.15) is 0 Å². The second-order valence-electron chi connectivity index (χ2n) is 5.75. The molecule has 0 atom stereocenters. The monoisotopic (exact) mass is 310 g/mol. The molecule has 0 aromatic heterocycles. The number of halogens is 1. The molecule has 1 aromatic carbocycles. The molecule has 0 unspecified atom stereocenters. The largest absolute Gasteiger partial charge is 0.462 e. The van der Waals surface area contributed by atoms with Crippen LogP contribution >= 0.6 is 11.6 Å². The normalized spacial score (nSPS) is 15.6. The molecule has 0 aliphatic heterocycles. The highest BCUT2D eigenvalue weighted by Crippen LogP contribution is 2.49. The van der Waals surface area contributed by atoms with Crippen LogP contribution in [-0.2, 0) is 4.74 Å². The topological polar surface area (TPSA) is 64.3 Å². The first kappa shape index (κ1) is 16.0. The molecule has 0 amide bonds. The highest BCUT2D eigenvalue weighted by molar-refractivity contribution is 6.34. The zero-order chi connectivity index (χ0) is 15.5. The van der Waals surface area contributed by atoms with Crippen LogP contribution in [-0.4, -0.2) is 19.1 Å². The van der Waals surface area contributed by atoms with Gasteiger partial charge in [0.25, 0.3) is 0 Å². The third-order valence-electron chi connectivity index (χ3n) is 3.99. The summed E-state index contributed by atoms with van der Waals surface area (Å²) in [5.41, 5.74) is 7.65. The van der Waals surface area contributed by atoms with Crippen molar-refractivity contribution in [2.45, 2.75) is 39.5 Å². The first-order valence-electron chi connectivity index (χ1n) is 7.51. The molecule has 116 valence electrons. The Hall–Kier alpha value is -1.42. The van der Waals surface area contributed by atoms with E-state index in [0.717, 1.165) is 6.54 Å². The molecule has 5 heteroatoms. The number of ether oxygens (including phenoxy) is 1. The Morgan fingerprint density at radius 1 is 1.43 bits per heavy atom. The van der Waals surface area contributed by atoms with Crippen molar-refractivity contribution in [2.24, 2.45) is 5.41 Å². The van der Waals surface area contributed by atoms with Crippen LogP contribution in [0, 0.1) is 5.41 Å². The summed E-state index contributed by atoms with van der Waals surface area (Å²) in [7, 11) is 0. The quantitative estimate of drug-likeness (QED) is 0.588. The van der Waals surface area contributed by atoms with Crippen LogP contribution in [0.2, 0.25) is 5.02 Å². The summed E-state index contributed by atoms with van der Waals surface area (Å²) in [6.45, 7) is 5.13. The lowest BCUT2D eigenvalue weighted by Gasteiger charge is -2.19. The number of hydrogen-bond donors (Lipinski definition) is 2. The summed E-state index contributed by atoms with van der Waals surface area (Å²) in [4.78, 5) is 12.1. The Bertz CT molecular complexity index is 527. The van der Waals surface area contributed by atoms with Crippen molar-refractivity contribution < 1.29 is 9.53 Å². The summed E-state index contributed by atoms with van der Waals surface area (Å²) in [6, 6.07) is 3.28. The summed E-state index contributed by atoms with van der Waals surface area (Å²) < 4.78 is 5.08. The van der Waals surface area contributed by atoms with Gasteiger partial charge in [0.05, 0.1) is 22.9 Å². The Morgan fingerprint density at radius 3 is 2.71 bits per heavy atom. The summed E-state index contributed by atoms with van der Waals surface area (Å²) in [5, 5.41) is 3.81. The standard InChI is InChI=1S/C16H23ClN2O2/c1-3-5-16(6-7-16)10-19-14-12(15(20)21-4-2)8-11(18)9-13(14)17/h8-9,19H,3-7,10,18H2,1-2H3. The van der Waals surface area contributed by atoms with E-state index < -0.39 is 5.97 Å². The van der Waals surface area contributed by atoms with Gasteiger partial charge in [0.15, 0.2) is 0 Å². The number of nitrogens with one attached hydrogen (secondary N) is 1. The Morgan fingerprint density at radius 2 is 2.14 bits per heavy atom. The average molecular weight is 311 g/mol. The van der Waals surface area contributed by atoms with E-state index in [-0.39, 0.29) is 0 Å². The van der Waals surface area contributed by atoms with Crippen LogP contribution in [0.5, 0.6) is 0 Å². The molecule has 2 rings (SSSR count). The first-order valence-corrected chi connectivity index (χ1v) is 7.89. The predicted octanol–water partition coefficient (Wildman–Crippen LogP) is 4.09. The van der Waals surface area contributed by atoms with E-state index in [0.29, 0.717) is 34.0 Å². The second-order valence-corrected chi connectivity index (χ2v) is 6.16. The van der Waals surface area contributed by atoms with E-state index in [1.165, 1.54) is 25.7 Å². The van der Waals surface area contributed by atoms with Crippen molar-refractivity contribution in [1.29, 1.82) is 0 Å². The maximum atomic E-state index is 12.1.